The molecule has 0 unspecified atom stereocenters. The number of benzene rings is 2. The number of aliphatic hydroxyl groups excluding tert-OH is 1. The lowest BCUT2D eigenvalue weighted by atomic mass is 10.1. The second-order valence-electron chi connectivity index (χ2n) is 6.63. The fraction of sp³-hybridized carbons (Fsp3) is 0.238. The number of aryl methyl sites for hydroxylation is 1. The van der Waals surface area contributed by atoms with E-state index >= 15 is 0 Å². The predicted molar refractivity (Wildman–Crippen MR) is 117 cm³/mol. The van der Waals surface area contributed by atoms with Gasteiger partial charge in [0.2, 0.25) is 5.95 Å². The first-order chi connectivity index (χ1) is 14.7. The van der Waals surface area contributed by atoms with E-state index in [1.54, 1.807) is 12.1 Å². The van der Waals surface area contributed by atoms with Crippen LogP contribution in [-0.2, 0) is 0 Å². The number of nitrogens with zero attached hydrogens (tertiary/aromatic N) is 2. The molecule has 0 aliphatic rings. The van der Waals surface area contributed by atoms with Crippen molar-refractivity contribution in [1.29, 1.82) is 0 Å². The Hall–Kier alpha value is -2.85. The molecular formula is C21H20BrF3N4O2. The Morgan fingerprint density at radius 2 is 1.90 bits per heavy atom. The topological polar surface area (TPSA) is 79.3 Å². The summed E-state index contributed by atoms with van der Waals surface area (Å²) in [4.78, 5) is 8.82. The highest BCUT2D eigenvalue weighted by Gasteiger charge is 2.31. The molecule has 0 radical (unpaired) electrons. The molecule has 0 saturated heterocycles. The van der Waals surface area contributed by atoms with Crippen molar-refractivity contribution in [2.45, 2.75) is 19.7 Å². The highest BCUT2D eigenvalue weighted by Crippen LogP contribution is 2.30. The summed E-state index contributed by atoms with van der Waals surface area (Å²) in [5.41, 5.74) is 2.66. The average molecular weight is 497 g/mol. The number of nitrogens with one attached hydrogen (secondary N) is 2. The molecule has 0 aliphatic carbocycles. The van der Waals surface area contributed by atoms with E-state index < -0.39 is 6.36 Å². The zero-order chi connectivity index (χ0) is 22.4. The molecule has 0 bridgehead atoms. The van der Waals surface area contributed by atoms with E-state index in [9.17, 15) is 13.2 Å². The summed E-state index contributed by atoms with van der Waals surface area (Å²) < 4.78 is 42.7. The van der Waals surface area contributed by atoms with Crippen LogP contribution in [0.3, 0.4) is 0 Å². The third kappa shape index (κ3) is 6.83. The minimum absolute atomic E-state index is 0.00674. The van der Waals surface area contributed by atoms with Gasteiger partial charge in [0.05, 0.1) is 5.69 Å². The molecule has 1 aromatic heterocycles. The van der Waals surface area contributed by atoms with E-state index in [2.05, 4.69) is 41.3 Å². The number of hydrogen-bond acceptors (Lipinski definition) is 6. The van der Waals surface area contributed by atoms with Gasteiger partial charge in [0.1, 0.15) is 11.6 Å². The Bertz CT molecular complexity index is 1050. The Kier molecular flexibility index (Phi) is 7.34. The summed E-state index contributed by atoms with van der Waals surface area (Å²) in [6, 6.07) is 12.9. The fourth-order valence-electron chi connectivity index (χ4n) is 2.74. The number of anilines is 3. The summed E-state index contributed by atoms with van der Waals surface area (Å²) in [5.74, 6) is 0.404. The maximum Gasteiger partial charge on any atom is 0.573 e. The van der Waals surface area contributed by atoms with Gasteiger partial charge in [-0.2, -0.15) is 4.98 Å². The predicted octanol–water partition coefficient (Wildman–Crippen LogP) is 5.65. The number of halogens is 4. The Labute approximate surface area is 185 Å². The third-order valence-electron chi connectivity index (χ3n) is 4.14. The number of alkyl halides is 3. The summed E-state index contributed by atoms with van der Waals surface area (Å²) in [6.07, 6.45) is -4.29. The van der Waals surface area contributed by atoms with E-state index in [-0.39, 0.29) is 18.3 Å². The van der Waals surface area contributed by atoms with E-state index in [0.717, 1.165) is 15.7 Å². The highest BCUT2D eigenvalue weighted by molar-refractivity contribution is 9.10. The molecule has 0 spiro atoms. The van der Waals surface area contributed by atoms with Crippen molar-refractivity contribution in [3.05, 3.63) is 58.6 Å². The Morgan fingerprint density at radius 3 is 2.61 bits per heavy atom. The van der Waals surface area contributed by atoms with E-state index in [1.807, 2.05) is 25.1 Å². The lowest BCUT2D eigenvalue weighted by Gasteiger charge is -2.13. The molecule has 0 aliphatic heterocycles. The maximum absolute atomic E-state index is 12.6. The lowest BCUT2D eigenvalue weighted by molar-refractivity contribution is -0.274. The van der Waals surface area contributed by atoms with Crippen molar-refractivity contribution in [2.24, 2.45) is 0 Å². The Balaban J connectivity index is 1.95. The van der Waals surface area contributed by atoms with Crippen molar-refractivity contribution in [3.63, 3.8) is 0 Å². The molecule has 6 nitrogen and oxygen atoms in total. The van der Waals surface area contributed by atoms with Gasteiger partial charge in [-0.3, -0.25) is 0 Å². The standard InChI is InChI=1S/C21H20BrF3N4O2/c1-13-10-15(6-7-17(13)22)27-19-12-18(28-20(29-19)26-8-3-9-30)14-4-2-5-16(11-14)31-21(23,24)25/h2,4-7,10-12,30H,3,8-9H2,1H3,(H2,26,27,28,29). The van der Waals surface area contributed by atoms with Crippen LogP contribution in [0, 0.1) is 6.92 Å². The van der Waals surface area contributed by atoms with Gasteiger partial charge in [-0.15, -0.1) is 13.2 Å². The molecule has 3 rings (SSSR count). The molecule has 1 heterocycles. The maximum atomic E-state index is 12.6. The summed E-state index contributed by atoms with van der Waals surface area (Å²) in [6.45, 7) is 2.40. The van der Waals surface area contributed by atoms with Crippen molar-refractivity contribution < 1.29 is 23.0 Å². The van der Waals surface area contributed by atoms with Crippen LogP contribution in [0.5, 0.6) is 5.75 Å². The van der Waals surface area contributed by atoms with Crippen molar-refractivity contribution in [1.82, 2.24) is 9.97 Å². The molecule has 0 fully saturated rings. The van der Waals surface area contributed by atoms with Gasteiger partial charge >= 0.3 is 6.36 Å². The number of rotatable bonds is 8. The first-order valence-corrected chi connectivity index (χ1v) is 10.2. The normalized spacial score (nSPS) is 11.3. The van der Waals surface area contributed by atoms with E-state index in [0.29, 0.717) is 30.0 Å². The van der Waals surface area contributed by atoms with Crippen molar-refractivity contribution >= 4 is 33.4 Å². The molecule has 31 heavy (non-hydrogen) atoms. The first kappa shape index (κ1) is 22.8. The van der Waals surface area contributed by atoms with Crippen LogP contribution in [0.1, 0.15) is 12.0 Å². The third-order valence-corrected chi connectivity index (χ3v) is 5.03. The lowest BCUT2D eigenvalue weighted by Crippen LogP contribution is -2.17. The van der Waals surface area contributed by atoms with E-state index in [1.165, 1.54) is 18.2 Å². The zero-order valence-corrected chi connectivity index (χ0v) is 18.1. The van der Waals surface area contributed by atoms with Gasteiger partial charge in [-0.05, 0) is 49.2 Å². The van der Waals surface area contributed by atoms with Crippen LogP contribution in [0.15, 0.2) is 53.0 Å². The molecule has 3 aromatic rings. The largest absolute Gasteiger partial charge is 0.573 e. The molecule has 0 atom stereocenters. The Morgan fingerprint density at radius 1 is 1.10 bits per heavy atom. The minimum Gasteiger partial charge on any atom is -0.406 e. The highest BCUT2D eigenvalue weighted by atomic mass is 79.9. The minimum atomic E-state index is -4.78. The number of aromatic nitrogens is 2. The van der Waals surface area contributed by atoms with Gasteiger partial charge in [-0.25, -0.2) is 4.98 Å². The van der Waals surface area contributed by atoms with Gasteiger partial charge in [0.25, 0.3) is 0 Å². The SMILES string of the molecule is Cc1cc(Nc2cc(-c3cccc(OC(F)(F)F)c3)nc(NCCCO)n2)ccc1Br. The molecule has 164 valence electrons. The molecular weight excluding hydrogens is 477 g/mol. The molecule has 0 saturated carbocycles. The molecule has 3 N–H and O–H groups in total. The summed E-state index contributed by atoms with van der Waals surface area (Å²) >= 11 is 3.46. The van der Waals surface area contributed by atoms with Crippen LogP contribution >= 0.6 is 15.9 Å². The first-order valence-electron chi connectivity index (χ1n) is 9.37. The van der Waals surface area contributed by atoms with Crippen LogP contribution in [0.2, 0.25) is 0 Å². The van der Waals surface area contributed by atoms with Crippen molar-refractivity contribution in [3.8, 4) is 17.0 Å². The smallest absolute Gasteiger partial charge is 0.406 e. The van der Waals surface area contributed by atoms with Gasteiger partial charge in [0, 0.05) is 34.9 Å². The summed E-state index contributed by atoms with van der Waals surface area (Å²) in [5, 5.41) is 15.2. The van der Waals surface area contributed by atoms with Crippen LogP contribution < -0.4 is 15.4 Å². The number of aliphatic hydroxyl groups is 1. The monoisotopic (exact) mass is 496 g/mol. The molecule has 0 amide bonds. The fourth-order valence-corrected chi connectivity index (χ4v) is 2.99. The molecule has 10 heteroatoms. The average Bonchev–Trinajstić information content (AvgIpc) is 2.70. The zero-order valence-electron chi connectivity index (χ0n) is 16.5. The van der Waals surface area contributed by atoms with Gasteiger partial charge < -0.3 is 20.5 Å². The quantitative estimate of drug-likeness (QED) is 0.349. The molecule has 2 aromatic carbocycles. The number of hydrogen-bond donors (Lipinski definition) is 3. The van der Waals surface area contributed by atoms with Gasteiger partial charge in [-0.1, -0.05) is 28.1 Å². The van der Waals surface area contributed by atoms with E-state index in [4.69, 9.17) is 5.11 Å². The number of ether oxygens (including phenoxy) is 1. The second-order valence-corrected chi connectivity index (χ2v) is 7.48. The van der Waals surface area contributed by atoms with Crippen LogP contribution in [-0.4, -0.2) is 34.6 Å². The van der Waals surface area contributed by atoms with Crippen LogP contribution in [0.25, 0.3) is 11.3 Å². The van der Waals surface area contributed by atoms with Crippen LogP contribution in [0.4, 0.5) is 30.6 Å². The van der Waals surface area contributed by atoms with Crippen molar-refractivity contribution in [2.75, 3.05) is 23.8 Å². The van der Waals surface area contributed by atoms with Gasteiger partial charge in [0.15, 0.2) is 0 Å². The summed E-state index contributed by atoms with van der Waals surface area (Å²) in [7, 11) is 0. The second kappa shape index (κ2) is 9.97.